The summed E-state index contributed by atoms with van der Waals surface area (Å²) >= 11 is 0. The van der Waals surface area contributed by atoms with Gasteiger partial charge in [-0.2, -0.15) is 0 Å². The molecule has 5 atom stereocenters. The third kappa shape index (κ3) is 2.91. The lowest BCUT2D eigenvalue weighted by Crippen LogP contribution is -2.59. The SMILES string of the molecule is CCCC1CN(C2CCC(C)C2C)C(CC)CN1. The first-order valence-electron chi connectivity index (χ1n) is 8.16. The first kappa shape index (κ1) is 14.3. The van der Waals surface area contributed by atoms with Crippen molar-refractivity contribution >= 4 is 0 Å². The van der Waals surface area contributed by atoms with Gasteiger partial charge in [0.15, 0.2) is 0 Å². The summed E-state index contributed by atoms with van der Waals surface area (Å²) in [6.45, 7) is 12.1. The van der Waals surface area contributed by atoms with E-state index in [2.05, 4.69) is 37.9 Å². The largest absolute Gasteiger partial charge is 0.311 e. The molecule has 2 nitrogen and oxygen atoms in total. The van der Waals surface area contributed by atoms with Gasteiger partial charge in [-0.25, -0.2) is 0 Å². The van der Waals surface area contributed by atoms with Gasteiger partial charge in [-0.1, -0.05) is 34.1 Å². The maximum atomic E-state index is 3.76. The minimum absolute atomic E-state index is 0.737. The second kappa shape index (κ2) is 6.38. The molecule has 0 spiro atoms. The highest BCUT2D eigenvalue weighted by atomic mass is 15.3. The smallest absolute Gasteiger partial charge is 0.0221 e. The molecule has 0 aromatic rings. The van der Waals surface area contributed by atoms with Gasteiger partial charge in [0.1, 0.15) is 0 Å². The van der Waals surface area contributed by atoms with E-state index >= 15 is 0 Å². The first-order valence-corrected chi connectivity index (χ1v) is 8.16. The Morgan fingerprint density at radius 3 is 2.50 bits per heavy atom. The molecule has 1 saturated carbocycles. The molecule has 2 rings (SSSR count). The third-order valence-electron chi connectivity index (χ3n) is 5.50. The van der Waals surface area contributed by atoms with Crippen LogP contribution in [0.2, 0.25) is 0 Å². The van der Waals surface area contributed by atoms with E-state index in [0.29, 0.717) is 0 Å². The molecule has 1 N–H and O–H groups in total. The second-order valence-electron chi connectivity index (χ2n) is 6.63. The Labute approximate surface area is 114 Å². The van der Waals surface area contributed by atoms with Gasteiger partial charge in [-0.05, 0) is 37.5 Å². The van der Waals surface area contributed by atoms with Gasteiger partial charge in [0.2, 0.25) is 0 Å². The highest BCUT2D eigenvalue weighted by molar-refractivity contribution is 4.94. The van der Waals surface area contributed by atoms with Crippen LogP contribution >= 0.6 is 0 Å². The van der Waals surface area contributed by atoms with E-state index in [0.717, 1.165) is 30.0 Å². The van der Waals surface area contributed by atoms with Gasteiger partial charge in [0.25, 0.3) is 0 Å². The summed E-state index contributed by atoms with van der Waals surface area (Å²) in [5.74, 6) is 1.81. The summed E-state index contributed by atoms with van der Waals surface area (Å²) in [5, 5.41) is 3.76. The van der Waals surface area contributed by atoms with Crippen molar-refractivity contribution in [2.45, 2.75) is 77.9 Å². The minimum atomic E-state index is 0.737. The summed E-state index contributed by atoms with van der Waals surface area (Å²) in [4.78, 5) is 2.87. The maximum Gasteiger partial charge on any atom is 0.0221 e. The van der Waals surface area contributed by atoms with Crippen molar-refractivity contribution < 1.29 is 0 Å². The van der Waals surface area contributed by atoms with Crippen LogP contribution in [0.5, 0.6) is 0 Å². The Kier molecular flexibility index (Phi) is 5.08. The van der Waals surface area contributed by atoms with Crippen LogP contribution in [0.3, 0.4) is 0 Å². The molecule has 1 heterocycles. The quantitative estimate of drug-likeness (QED) is 0.826. The zero-order chi connectivity index (χ0) is 13.1. The van der Waals surface area contributed by atoms with Crippen molar-refractivity contribution in [3.8, 4) is 0 Å². The lowest BCUT2D eigenvalue weighted by Gasteiger charge is -2.45. The van der Waals surface area contributed by atoms with Gasteiger partial charge >= 0.3 is 0 Å². The number of hydrogen-bond donors (Lipinski definition) is 1. The fraction of sp³-hybridized carbons (Fsp3) is 1.00. The second-order valence-corrected chi connectivity index (χ2v) is 6.63. The van der Waals surface area contributed by atoms with Crippen LogP contribution in [0.4, 0.5) is 0 Å². The van der Waals surface area contributed by atoms with Gasteiger partial charge in [0.05, 0.1) is 0 Å². The van der Waals surface area contributed by atoms with E-state index in [9.17, 15) is 0 Å². The number of nitrogens with zero attached hydrogens (tertiary/aromatic N) is 1. The lowest BCUT2D eigenvalue weighted by atomic mass is 9.93. The van der Waals surface area contributed by atoms with Crippen LogP contribution in [0.15, 0.2) is 0 Å². The summed E-state index contributed by atoms with van der Waals surface area (Å²) < 4.78 is 0. The predicted molar refractivity (Wildman–Crippen MR) is 78.8 cm³/mol. The molecule has 0 bridgehead atoms. The minimum Gasteiger partial charge on any atom is -0.311 e. The van der Waals surface area contributed by atoms with E-state index in [1.165, 1.54) is 45.2 Å². The van der Waals surface area contributed by atoms with Gasteiger partial charge in [-0.3, -0.25) is 4.90 Å². The normalized spacial score (nSPS) is 42.3. The molecule has 2 fully saturated rings. The number of nitrogens with one attached hydrogen (secondary N) is 1. The molecule has 0 aromatic heterocycles. The molecule has 2 aliphatic rings. The Hall–Kier alpha value is -0.0800. The molecule has 1 aliphatic heterocycles. The monoisotopic (exact) mass is 252 g/mol. The Morgan fingerprint density at radius 1 is 1.17 bits per heavy atom. The molecule has 2 heteroatoms. The molecule has 1 aliphatic carbocycles. The predicted octanol–water partition coefficient (Wildman–Crippen LogP) is 3.27. The topological polar surface area (TPSA) is 15.3 Å². The van der Waals surface area contributed by atoms with Crippen molar-refractivity contribution in [1.29, 1.82) is 0 Å². The molecule has 18 heavy (non-hydrogen) atoms. The summed E-state index contributed by atoms with van der Waals surface area (Å²) in [6.07, 6.45) is 6.80. The number of piperazine rings is 1. The van der Waals surface area contributed by atoms with Crippen LogP contribution in [0, 0.1) is 11.8 Å². The summed E-state index contributed by atoms with van der Waals surface area (Å²) in [6, 6.07) is 2.36. The van der Waals surface area contributed by atoms with Crippen LogP contribution < -0.4 is 5.32 Å². The van der Waals surface area contributed by atoms with Crippen molar-refractivity contribution in [2.75, 3.05) is 13.1 Å². The van der Waals surface area contributed by atoms with Gasteiger partial charge < -0.3 is 5.32 Å². The molecule has 5 unspecified atom stereocenters. The zero-order valence-electron chi connectivity index (χ0n) is 12.8. The Morgan fingerprint density at radius 2 is 1.94 bits per heavy atom. The molecule has 0 aromatic carbocycles. The number of rotatable bonds is 4. The highest BCUT2D eigenvalue weighted by Gasteiger charge is 2.38. The first-order chi connectivity index (χ1) is 8.67. The molecule has 0 radical (unpaired) electrons. The van der Waals surface area contributed by atoms with Crippen molar-refractivity contribution in [1.82, 2.24) is 10.2 Å². The molecular formula is C16H32N2. The van der Waals surface area contributed by atoms with Crippen molar-refractivity contribution in [3.63, 3.8) is 0 Å². The van der Waals surface area contributed by atoms with Gasteiger partial charge in [-0.15, -0.1) is 0 Å². The molecule has 106 valence electrons. The fourth-order valence-electron chi connectivity index (χ4n) is 4.02. The van der Waals surface area contributed by atoms with Crippen molar-refractivity contribution in [3.05, 3.63) is 0 Å². The third-order valence-corrected chi connectivity index (χ3v) is 5.50. The van der Waals surface area contributed by atoms with E-state index in [1.807, 2.05) is 0 Å². The van der Waals surface area contributed by atoms with Crippen LogP contribution in [0.1, 0.15) is 59.8 Å². The van der Waals surface area contributed by atoms with Crippen LogP contribution in [0.25, 0.3) is 0 Å². The van der Waals surface area contributed by atoms with E-state index < -0.39 is 0 Å². The molecular weight excluding hydrogens is 220 g/mol. The Bertz CT molecular complexity index is 253. The number of hydrogen-bond acceptors (Lipinski definition) is 2. The average molecular weight is 252 g/mol. The summed E-state index contributed by atoms with van der Waals surface area (Å²) in [7, 11) is 0. The summed E-state index contributed by atoms with van der Waals surface area (Å²) in [5.41, 5.74) is 0. The molecule has 1 saturated heterocycles. The highest BCUT2D eigenvalue weighted by Crippen LogP contribution is 2.36. The van der Waals surface area contributed by atoms with Crippen LogP contribution in [-0.2, 0) is 0 Å². The standard InChI is InChI=1S/C16H32N2/c1-5-7-14-11-18(15(6-2)10-17-14)16-9-8-12(3)13(16)4/h12-17H,5-11H2,1-4H3. The van der Waals surface area contributed by atoms with E-state index in [-0.39, 0.29) is 0 Å². The Balaban J connectivity index is 2.01. The lowest BCUT2D eigenvalue weighted by molar-refractivity contribution is 0.0569. The van der Waals surface area contributed by atoms with Crippen molar-refractivity contribution in [2.24, 2.45) is 11.8 Å². The average Bonchev–Trinajstić information content (AvgIpc) is 2.70. The van der Waals surface area contributed by atoms with Gasteiger partial charge in [0, 0.05) is 31.2 Å². The zero-order valence-corrected chi connectivity index (χ0v) is 12.8. The maximum absolute atomic E-state index is 3.76. The van der Waals surface area contributed by atoms with E-state index in [1.54, 1.807) is 0 Å². The fourth-order valence-corrected chi connectivity index (χ4v) is 4.02. The van der Waals surface area contributed by atoms with Crippen LogP contribution in [-0.4, -0.2) is 36.1 Å². The van der Waals surface area contributed by atoms with E-state index in [4.69, 9.17) is 0 Å². The molecule has 0 amide bonds.